The molecular formula is C26H32Cl2F2SiZr. The number of fused-ring (bicyclic) bond motifs is 1. The third-order valence-corrected chi connectivity index (χ3v) is 24.9. The maximum atomic E-state index is 15.2. The van der Waals surface area contributed by atoms with Crippen molar-refractivity contribution in [2.45, 2.75) is 40.6 Å². The summed E-state index contributed by atoms with van der Waals surface area (Å²) in [5.74, 6) is -0.532. The van der Waals surface area contributed by atoms with Crippen LogP contribution < -0.4 is 0 Å². The number of benzene rings is 2. The van der Waals surface area contributed by atoms with Gasteiger partial charge < -0.3 is 0 Å². The van der Waals surface area contributed by atoms with Crippen LogP contribution in [0, 0.1) is 17.6 Å². The molecule has 0 amide bonds. The molecule has 0 heterocycles. The van der Waals surface area contributed by atoms with Crippen LogP contribution >= 0.6 is 24.8 Å². The van der Waals surface area contributed by atoms with Gasteiger partial charge in [0.2, 0.25) is 0 Å². The molecule has 0 fully saturated rings. The second-order valence-electron chi connectivity index (χ2n) is 10.2. The van der Waals surface area contributed by atoms with Crippen LogP contribution in [-0.2, 0) is 17.4 Å². The van der Waals surface area contributed by atoms with Crippen LogP contribution in [0.4, 0.5) is 8.78 Å². The number of halogens is 4. The molecule has 2 aliphatic rings. The monoisotopic (exact) mass is 570 g/mol. The van der Waals surface area contributed by atoms with E-state index in [0.29, 0.717) is 11.5 Å². The molecule has 0 aliphatic heterocycles. The first kappa shape index (κ1) is 27.4. The van der Waals surface area contributed by atoms with Gasteiger partial charge in [-0.3, -0.25) is 0 Å². The summed E-state index contributed by atoms with van der Waals surface area (Å²) >= 11 is -3.68. The predicted molar refractivity (Wildman–Crippen MR) is 138 cm³/mol. The Kier molecular flexibility index (Phi) is 7.80. The molecule has 6 heteroatoms. The van der Waals surface area contributed by atoms with Gasteiger partial charge in [-0.05, 0) is 0 Å². The summed E-state index contributed by atoms with van der Waals surface area (Å²) in [7, 11) is 0. The average molecular weight is 573 g/mol. The van der Waals surface area contributed by atoms with Crippen LogP contribution in [-0.4, -0.2) is 6.88 Å². The fourth-order valence-corrected chi connectivity index (χ4v) is 24.4. The smallest absolute Gasteiger partial charge is 0.147 e. The molecule has 0 radical (unpaired) electrons. The van der Waals surface area contributed by atoms with E-state index < -0.39 is 29.0 Å². The van der Waals surface area contributed by atoms with Crippen LogP contribution in [0.1, 0.15) is 48.0 Å². The van der Waals surface area contributed by atoms with Crippen molar-refractivity contribution >= 4 is 37.3 Å². The number of rotatable bonds is 3. The molecule has 32 heavy (non-hydrogen) atoms. The largest absolute Gasteiger partial charge is 0.147 e. The van der Waals surface area contributed by atoms with Gasteiger partial charge in [-0.15, -0.1) is 24.8 Å². The van der Waals surface area contributed by atoms with Gasteiger partial charge in [0.05, 0.1) is 0 Å². The topological polar surface area (TPSA) is 0 Å². The van der Waals surface area contributed by atoms with E-state index in [-0.39, 0.29) is 28.4 Å². The summed E-state index contributed by atoms with van der Waals surface area (Å²) in [6, 6.07) is 12.6. The third-order valence-electron chi connectivity index (χ3n) is 7.63. The minimum atomic E-state index is -3.68. The summed E-state index contributed by atoms with van der Waals surface area (Å²) in [5, 5.41) is 0. The SMILES string of the molecule is CC1=C(C)C(C)[C]([Zr]([CH3])([CH3])(=[SiH2])[CH]2C=C(c3ccccc3)c3c(F)cc(F)cc32)=C1C.Cl.Cl. The van der Waals surface area contributed by atoms with Crippen LogP contribution in [0.3, 0.4) is 0 Å². The maximum Gasteiger partial charge on any atom is -0.147 e. The van der Waals surface area contributed by atoms with Crippen molar-refractivity contribution in [3.63, 3.8) is 0 Å². The second-order valence-corrected chi connectivity index (χ2v) is 39.7. The minimum absolute atomic E-state index is 0. The van der Waals surface area contributed by atoms with Gasteiger partial charge in [0.25, 0.3) is 0 Å². The number of allylic oxidation sites excluding steroid dienone is 5. The molecule has 0 nitrogen and oxygen atoms in total. The Morgan fingerprint density at radius 1 is 0.906 bits per heavy atom. The summed E-state index contributed by atoms with van der Waals surface area (Å²) in [5.41, 5.74) is 7.58. The summed E-state index contributed by atoms with van der Waals surface area (Å²) < 4.78 is 36.2. The Bertz CT molecular complexity index is 1240. The quantitative estimate of drug-likeness (QED) is 0.328. The molecule has 2 aromatic rings. The molecular weight excluding hydrogens is 540 g/mol. The molecule has 4 rings (SSSR count). The van der Waals surface area contributed by atoms with E-state index in [1.54, 1.807) is 9.35 Å². The summed E-state index contributed by atoms with van der Waals surface area (Å²) in [6.45, 7) is 11.2. The van der Waals surface area contributed by atoms with E-state index in [1.807, 2.05) is 30.3 Å². The minimum Gasteiger partial charge on any atom is -0.147 e. The predicted octanol–water partition coefficient (Wildman–Crippen LogP) is 7.89. The maximum absolute atomic E-state index is 15.2. The first-order chi connectivity index (χ1) is 13.9. The normalized spacial score (nSPS) is 20.6. The fraction of sp³-hybridized carbons (Fsp3) is 0.308. The zero-order valence-electron chi connectivity index (χ0n) is 19.6. The third kappa shape index (κ3) is 4.11. The van der Waals surface area contributed by atoms with Crippen molar-refractivity contribution in [2.75, 3.05) is 0 Å². The Morgan fingerprint density at radius 3 is 2.03 bits per heavy atom. The zero-order chi connectivity index (χ0) is 22.0. The summed E-state index contributed by atoms with van der Waals surface area (Å²) in [6.07, 6.45) is 2.26. The van der Waals surface area contributed by atoms with E-state index in [9.17, 15) is 4.39 Å². The molecule has 0 spiro atoms. The summed E-state index contributed by atoms with van der Waals surface area (Å²) in [4.78, 5) is 0. The molecule has 2 unspecified atom stereocenters. The zero-order valence-corrected chi connectivity index (χ0v) is 25.1. The molecule has 2 aromatic carbocycles. The van der Waals surface area contributed by atoms with Crippen molar-refractivity contribution in [3.05, 3.63) is 96.9 Å². The fourth-order valence-electron chi connectivity index (χ4n) is 5.95. The van der Waals surface area contributed by atoms with E-state index in [4.69, 9.17) is 0 Å². The molecule has 0 aromatic heterocycles. The molecule has 2 atom stereocenters. The molecule has 0 bridgehead atoms. The Hall–Kier alpha value is -0.800. The van der Waals surface area contributed by atoms with Gasteiger partial charge in [-0.25, -0.2) is 0 Å². The number of hydrogen-bond donors (Lipinski definition) is 0. The molecule has 0 saturated carbocycles. The Morgan fingerprint density at radius 2 is 1.50 bits per heavy atom. The van der Waals surface area contributed by atoms with Crippen molar-refractivity contribution < 1.29 is 26.2 Å². The van der Waals surface area contributed by atoms with Gasteiger partial charge in [0, 0.05) is 0 Å². The van der Waals surface area contributed by atoms with Gasteiger partial charge >= 0.3 is 182 Å². The molecule has 172 valence electrons. The Labute approximate surface area is 205 Å². The van der Waals surface area contributed by atoms with Crippen molar-refractivity contribution in [1.29, 1.82) is 0 Å². The van der Waals surface area contributed by atoms with Gasteiger partial charge in [-0.1, -0.05) is 0 Å². The van der Waals surface area contributed by atoms with Crippen LogP contribution in [0.5, 0.6) is 0 Å². The first-order valence-electron chi connectivity index (χ1n) is 10.7. The van der Waals surface area contributed by atoms with Crippen molar-refractivity contribution in [2.24, 2.45) is 5.92 Å². The van der Waals surface area contributed by atoms with E-state index in [0.717, 1.165) is 22.8 Å². The Balaban J connectivity index is 0.00000181. The van der Waals surface area contributed by atoms with Gasteiger partial charge in [0.15, 0.2) is 0 Å². The van der Waals surface area contributed by atoms with E-state index in [2.05, 4.69) is 49.9 Å². The standard InChI is InChI=1S/C15H9F2.C9H13.2CH3.2ClH.H2Si.Zr/c16-12-8-11-6-7-13(15(11)14(17)9-12)10-4-2-1-3-5-10;1-6-5-7(2)9(4)8(6)3;;;;;;/h1-9H;6H,1-4H3;2*1H3;2*1H;1H2;. The van der Waals surface area contributed by atoms with Crippen LogP contribution in [0.15, 0.2) is 68.5 Å². The number of hydrogen-bond acceptors (Lipinski definition) is 0. The average Bonchev–Trinajstić information content (AvgIpc) is 3.15. The molecule has 0 N–H and O–H groups in total. The second kappa shape index (κ2) is 9.10. The molecule has 2 aliphatic carbocycles. The van der Waals surface area contributed by atoms with Crippen LogP contribution in [0.2, 0.25) is 9.26 Å². The van der Waals surface area contributed by atoms with Gasteiger partial charge in [-0.2, -0.15) is 0 Å². The van der Waals surface area contributed by atoms with Crippen LogP contribution in [0.25, 0.3) is 5.57 Å². The first-order valence-corrected chi connectivity index (χ1v) is 24.1. The van der Waals surface area contributed by atoms with Crippen molar-refractivity contribution in [1.82, 2.24) is 0 Å². The van der Waals surface area contributed by atoms with Crippen molar-refractivity contribution in [3.8, 4) is 0 Å². The van der Waals surface area contributed by atoms with E-state index >= 15 is 4.39 Å². The van der Waals surface area contributed by atoms with Gasteiger partial charge in [0.1, 0.15) is 0 Å². The van der Waals surface area contributed by atoms with E-state index in [1.165, 1.54) is 16.7 Å². The molecule has 0 saturated heterocycles.